The largest absolute Gasteiger partial charge is 0.345 e. The molecule has 0 bridgehead atoms. The summed E-state index contributed by atoms with van der Waals surface area (Å²) < 4.78 is 15.8. The minimum absolute atomic E-state index is 0.150. The zero-order valence-corrected chi connectivity index (χ0v) is 17.2. The van der Waals surface area contributed by atoms with Gasteiger partial charge < -0.3 is 5.32 Å². The number of imidazole rings is 1. The van der Waals surface area contributed by atoms with Gasteiger partial charge in [-0.3, -0.25) is 9.20 Å². The lowest BCUT2D eigenvalue weighted by Gasteiger charge is -2.17. The molecule has 1 N–H and O–H groups in total. The lowest BCUT2D eigenvalue weighted by molar-refractivity contribution is 0.0937. The quantitative estimate of drug-likeness (QED) is 0.424. The van der Waals surface area contributed by atoms with Gasteiger partial charge in [-0.1, -0.05) is 13.0 Å². The highest BCUT2D eigenvalue weighted by Gasteiger charge is 2.18. The molecule has 0 aliphatic rings. The summed E-state index contributed by atoms with van der Waals surface area (Å²) in [5.74, 6) is 0.164. The van der Waals surface area contributed by atoms with Crippen molar-refractivity contribution in [2.75, 3.05) is 0 Å². The maximum Gasteiger partial charge on any atom is 0.253 e. The first-order valence-electron chi connectivity index (χ1n) is 9.21. The monoisotopic (exact) mass is 452 g/mol. The summed E-state index contributed by atoms with van der Waals surface area (Å²) in [6.45, 7) is 2.01. The molecule has 1 unspecified atom stereocenters. The standard InChI is InChI=1S/C22H18BrFN4O/c1-2-18(15-7-10-20(23)25-12-15)27-22(29)17-4-3-11-28-19(17)13-26-21(28)14-5-8-16(24)9-6-14/h3-13,18H,2H2,1H3,(H,27,29). The molecule has 1 amide bonds. The molecule has 0 aliphatic carbocycles. The molecule has 0 fully saturated rings. The van der Waals surface area contributed by atoms with E-state index in [1.807, 2.05) is 29.7 Å². The zero-order valence-electron chi connectivity index (χ0n) is 15.6. The van der Waals surface area contributed by atoms with Crippen molar-refractivity contribution in [1.29, 1.82) is 0 Å². The van der Waals surface area contributed by atoms with Crippen molar-refractivity contribution < 1.29 is 9.18 Å². The molecule has 0 aliphatic heterocycles. The van der Waals surface area contributed by atoms with Crippen LogP contribution in [0.5, 0.6) is 0 Å². The molecule has 4 rings (SSSR count). The number of nitrogens with zero attached hydrogens (tertiary/aromatic N) is 3. The summed E-state index contributed by atoms with van der Waals surface area (Å²) in [7, 11) is 0. The van der Waals surface area contributed by atoms with Crippen LogP contribution in [0.1, 0.15) is 35.3 Å². The predicted molar refractivity (Wildman–Crippen MR) is 113 cm³/mol. The van der Waals surface area contributed by atoms with Crippen molar-refractivity contribution in [3.05, 3.63) is 88.7 Å². The average Bonchev–Trinajstić information content (AvgIpc) is 3.17. The Morgan fingerprint density at radius 3 is 2.62 bits per heavy atom. The van der Waals surface area contributed by atoms with Gasteiger partial charge in [-0.25, -0.2) is 14.4 Å². The van der Waals surface area contributed by atoms with Crippen LogP contribution >= 0.6 is 15.9 Å². The van der Waals surface area contributed by atoms with Gasteiger partial charge in [-0.05, 0) is 70.4 Å². The number of hydrogen-bond donors (Lipinski definition) is 1. The van der Waals surface area contributed by atoms with E-state index in [1.165, 1.54) is 12.1 Å². The summed E-state index contributed by atoms with van der Waals surface area (Å²) in [4.78, 5) is 21.7. The molecule has 0 radical (unpaired) electrons. The first-order valence-corrected chi connectivity index (χ1v) is 10.0. The minimum atomic E-state index is -0.303. The number of halogens is 2. The summed E-state index contributed by atoms with van der Waals surface area (Å²) in [5, 5.41) is 3.08. The lowest BCUT2D eigenvalue weighted by atomic mass is 10.1. The lowest BCUT2D eigenvalue weighted by Crippen LogP contribution is -2.28. The smallest absolute Gasteiger partial charge is 0.253 e. The Balaban J connectivity index is 1.66. The third-order valence-electron chi connectivity index (χ3n) is 4.78. The van der Waals surface area contributed by atoms with Gasteiger partial charge in [-0.2, -0.15) is 0 Å². The van der Waals surface area contributed by atoms with Crippen LogP contribution in [0.2, 0.25) is 0 Å². The fraction of sp³-hybridized carbons (Fsp3) is 0.136. The van der Waals surface area contributed by atoms with Gasteiger partial charge in [0.05, 0.1) is 23.3 Å². The van der Waals surface area contributed by atoms with E-state index in [4.69, 9.17) is 0 Å². The van der Waals surface area contributed by atoms with Crippen molar-refractivity contribution in [1.82, 2.24) is 19.7 Å². The van der Waals surface area contributed by atoms with E-state index in [0.29, 0.717) is 16.9 Å². The fourth-order valence-electron chi connectivity index (χ4n) is 3.28. The Labute approximate surface area is 175 Å². The Morgan fingerprint density at radius 1 is 1.14 bits per heavy atom. The second-order valence-corrected chi connectivity index (χ2v) is 7.43. The van der Waals surface area contributed by atoms with Crippen LogP contribution in [-0.2, 0) is 0 Å². The van der Waals surface area contributed by atoms with Crippen molar-refractivity contribution >= 4 is 27.4 Å². The van der Waals surface area contributed by atoms with Crippen molar-refractivity contribution in [2.45, 2.75) is 19.4 Å². The number of amides is 1. The van der Waals surface area contributed by atoms with Crippen LogP contribution in [0.25, 0.3) is 16.9 Å². The second-order valence-electron chi connectivity index (χ2n) is 6.61. The van der Waals surface area contributed by atoms with Gasteiger partial charge in [0.2, 0.25) is 0 Å². The minimum Gasteiger partial charge on any atom is -0.345 e. The average molecular weight is 453 g/mol. The fourth-order valence-corrected chi connectivity index (χ4v) is 3.51. The Kier molecular flexibility index (Phi) is 5.40. The normalized spacial score (nSPS) is 12.1. The summed E-state index contributed by atoms with van der Waals surface area (Å²) in [5.41, 5.74) is 2.93. The van der Waals surface area contributed by atoms with E-state index >= 15 is 0 Å². The first kappa shape index (κ1) is 19.3. The maximum atomic E-state index is 13.2. The molecule has 3 heterocycles. The topological polar surface area (TPSA) is 59.3 Å². The number of fused-ring (bicyclic) bond motifs is 1. The number of aromatic nitrogens is 3. The molecule has 0 saturated heterocycles. The highest BCUT2D eigenvalue weighted by molar-refractivity contribution is 9.10. The van der Waals surface area contributed by atoms with Crippen LogP contribution in [0.3, 0.4) is 0 Å². The van der Waals surface area contributed by atoms with E-state index in [9.17, 15) is 9.18 Å². The Hall–Kier alpha value is -3.06. The van der Waals surface area contributed by atoms with E-state index in [2.05, 4.69) is 31.2 Å². The summed E-state index contributed by atoms with van der Waals surface area (Å²) in [6.07, 6.45) is 5.99. The number of carbonyl (C=O) groups excluding carboxylic acids is 1. The van der Waals surface area contributed by atoms with Gasteiger partial charge in [0.1, 0.15) is 16.2 Å². The van der Waals surface area contributed by atoms with E-state index in [1.54, 1.807) is 36.7 Å². The summed E-state index contributed by atoms with van der Waals surface area (Å²) >= 11 is 3.33. The zero-order chi connectivity index (χ0) is 20.4. The SMILES string of the molecule is CCC(NC(=O)c1cccn2c(-c3ccc(F)cc3)ncc12)c1ccc(Br)nc1. The van der Waals surface area contributed by atoms with Crippen molar-refractivity contribution in [2.24, 2.45) is 0 Å². The van der Waals surface area contributed by atoms with Crippen LogP contribution in [0.4, 0.5) is 4.39 Å². The van der Waals surface area contributed by atoms with Crippen LogP contribution in [-0.4, -0.2) is 20.3 Å². The molecular formula is C22H18BrFN4O. The van der Waals surface area contributed by atoms with Crippen LogP contribution < -0.4 is 5.32 Å². The molecule has 1 aromatic carbocycles. The third kappa shape index (κ3) is 3.91. The van der Waals surface area contributed by atoms with Crippen molar-refractivity contribution in [3.8, 4) is 11.4 Å². The Bertz CT molecular complexity index is 1160. The number of carbonyl (C=O) groups is 1. The molecule has 0 spiro atoms. The van der Waals surface area contributed by atoms with Gasteiger partial charge in [0.25, 0.3) is 5.91 Å². The number of rotatable bonds is 5. The van der Waals surface area contributed by atoms with Crippen LogP contribution in [0, 0.1) is 5.82 Å². The maximum absolute atomic E-state index is 13.2. The molecule has 3 aromatic heterocycles. The third-order valence-corrected chi connectivity index (χ3v) is 5.25. The molecule has 29 heavy (non-hydrogen) atoms. The first-order chi connectivity index (χ1) is 14.1. The summed E-state index contributed by atoms with van der Waals surface area (Å²) in [6, 6.07) is 13.4. The van der Waals surface area contributed by atoms with Crippen LogP contribution in [0.15, 0.2) is 71.7 Å². The van der Waals surface area contributed by atoms with Gasteiger partial charge >= 0.3 is 0 Å². The molecule has 1 atom stereocenters. The van der Waals surface area contributed by atoms with Gasteiger partial charge in [0.15, 0.2) is 0 Å². The highest BCUT2D eigenvalue weighted by atomic mass is 79.9. The Morgan fingerprint density at radius 2 is 1.93 bits per heavy atom. The number of nitrogens with one attached hydrogen (secondary N) is 1. The van der Waals surface area contributed by atoms with Gasteiger partial charge in [-0.15, -0.1) is 0 Å². The molecule has 4 aromatic rings. The predicted octanol–water partition coefficient (Wildman–Crippen LogP) is 5.18. The number of hydrogen-bond acceptors (Lipinski definition) is 3. The van der Waals surface area contributed by atoms with Crippen molar-refractivity contribution in [3.63, 3.8) is 0 Å². The molecular weight excluding hydrogens is 435 g/mol. The number of benzene rings is 1. The second kappa shape index (κ2) is 8.13. The molecule has 146 valence electrons. The van der Waals surface area contributed by atoms with E-state index in [0.717, 1.165) is 22.2 Å². The number of pyridine rings is 2. The van der Waals surface area contributed by atoms with Gasteiger partial charge in [0, 0.05) is 18.0 Å². The molecule has 5 nitrogen and oxygen atoms in total. The van der Waals surface area contributed by atoms with E-state index < -0.39 is 0 Å². The van der Waals surface area contributed by atoms with E-state index in [-0.39, 0.29) is 17.8 Å². The highest BCUT2D eigenvalue weighted by Crippen LogP contribution is 2.23. The molecule has 7 heteroatoms. The molecule has 0 saturated carbocycles.